The number of ether oxygens (including phenoxy) is 1. The minimum Gasteiger partial charge on any atom is -0.469 e. The highest BCUT2D eigenvalue weighted by Crippen LogP contribution is 2.40. The zero-order valence-corrected chi connectivity index (χ0v) is 36.0. The van der Waals surface area contributed by atoms with Crippen molar-refractivity contribution in [3.63, 3.8) is 0 Å². The first-order valence-electron chi connectivity index (χ1n) is 19.6. The van der Waals surface area contributed by atoms with Crippen molar-refractivity contribution in [2.75, 3.05) is 11.8 Å². The Balaban J connectivity index is 0.961. The number of esters is 1. The van der Waals surface area contributed by atoms with Gasteiger partial charge in [-0.3, -0.25) is 23.9 Å². The van der Waals surface area contributed by atoms with Crippen LogP contribution >= 0.6 is 11.3 Å². The number of nitrogens with zero attached hydrogens (tertiary/aromatic N) is 5. The highest BCUT2D eigenvalue weighted by molar-refractivity contribution is 7.92. The number of hydrogen-bond acceptors (Lipinski definition) is 10. The Kier molecular flexibility index (Phi) is 10.9. The maximum atomic E-state index is 13.4. The molecule has 13 nitrogen and oxygen atoms in total. The molecule has 1 atom stereocenters. The summed E-state index contributed by atoms with van der Waals surface area (Å²) in [6.07, 6.45) is 2.30. The third-order valence-corrected chi connectivity index (χ3v) is 13.7. The largest absolute Gasteiger partial charge is 0.469 e. The molecule has 1 amide bonds. The molecule has 0 bridgehead atoms. The number of benzene rings is 4. The lowest BCUT2D eigenvalue weighted by molar-refractivity contribution is -0.141. The first-order chi connectivity index (χ1) is 29.3. The van der Waals surface area contributed by atoms with E-state index in [9.17, 15) is 23.3 Å². The van der Waals surface area contributed by atoms with E-state index in [-0.39, 0.29) is 29.7 Å². The molecule has 0 saturated carbocycles. The molecule has 0 spiro atoms. The molecular formula is C46H42N8O5S2. The maximum absolute atomic E-state index is 13.4. The van der Waals surface area contributed by atoms with Crippen LogP contribution in [0.5, 0.6) is 0 Å². The molecule has 61 heavy (non-hydrogen) atoms. The van der Waals surface area contributed by atoms with E-state index in [0.717, 1.165) is 60.1 Å². The van der Waals surface area contributed by atoms with Gasteiger partial charge in [0.1, 0.15) is 22.9 Å². The number of aromatic nitrogens is 4. The van der Waals surface area contributed by atoms with Gasteiger partial charge < -0.3 is 15.0 Å². The fourth-order valence-electron chi connectivity index (χ4n) is 7.74. The molecule has 0 radical (unpaired) electrons. The third-order valence-electron chi connectivity index (χ3n) is 11.1. The Labute approximate surface area is 357 Å². The second-order valence-corrected chi connectivity index (χ2v) is 17.8. The molecule has 1 aliphatic heterocycles. The number of carbonyl (C=O) groups is 2. The van der Waals surface area contributed by atoms with Crippen LogP contribution < -0.4 is 10.0 Å². The summed E-state index contributed by atoms with van der Waals surface area (Å²) in [6, 6.07) is 25.2. The summed E-state index contributed by atoms with van der Waals surface area (Å²) in [5.41, 5.74) is 9.99. The lowest BCUT2D eigenvalue weighted by Gasteiger charge is -2.13. The molecule has 7 aromatic rings. The number of anilines is 1. The average Bonchev–Trinajstić information content (AvgIpc) is 3.93. The van der Waals surface area contributed by atoms with Gasteiger partial charge in [0.25, 0.3) is 15.9 Å². The minimum absolute atomic E-state index is 0.0242. The summed E-state index contributed by atoms with van der Waals surface area (Å²) < 4.78 is 36.4. The van der Waals surface area contributed by atoms with Crippen LogP contribution in [0.25, 0.3) is 27.0 Å². The molecule has 8 rings (SSSR count). The number of hydrogen-bond donors (Lipinski definition) is 3. The summed E-state index contributed by atoms with van der Waals surface area (Å²) in [7, 11) is -2.59. The number of amides is 1. The first kappa shape index (κ1) is 40.9. The minimum atomic E-state index is -3.95. The number of H-pyrrole nitrogens is 1. The highest BCUT2D eigenvalue weighted by Gasteiger charge is 2.32. The first-order valence-corrected chi connectivity index (χ1v) is 21.9. The van der Waals surface area contributed by atoms with Crippen LogP contribution in [0.4, 0.5) is 5.69 Å². The molecule has 1 aliphatic rings. The molecule has 3 aromatic heterocycles. The molecule has 15 heteroatoms. The molecule has 0 unspecified atom stereocenters. The van der Waals surface area contributed by atoms with E-state index < -0.39 is 16.1 Å². The van der Waals surface area contributed by atoms with E-state index in [4.69, 9.17) is 9.73 Å². The number of fused-ring (bicyclic) bond motifs is 4. The van der Waals surface area contributed by atoms with Crippen molar-refractivity contribution in [3.05, 3.63) is 146 Å². The predicted molar refractivity (Wildman–Crippen MR) is 236 cm³/mol. The number of methoxy groups -OCH3 is 1. The number of nitrogens with one attached hydrogen (secondary N) is 3. The number of nitriles is 1. The number of aromatic amines is 1. The monoisotopic (exact) mass is 850 g/mol. The van der Waals surface area contributed by atoms with Gasteiger partial charge in [0.2, 0.25) is 0 Å². The molecule has 3 N–H and O–H groups in total. The van der Waals surface area contributed by atoms with Gasteiger partial charge in [-0.05, 0) is 91.8 Å². The van der Waals surface area contributed by atoms with Crippen molar-refractivity contribution in [2.45, 2.75) is 64.9 Å². The van der Waals surface area contributed by atoms with Gasteiger partial charge in [0, 0.05) is 39.7 Å². The maximum Gasteiger partial charge on any atom is 0.308 e. The van der Waals surface area contributed by atoms with E-state index in [1.807, 2.05) is 67.8 Å². The number of carbonyl (C=O) groups excluding carboxylic acids is 2. The smallest absolute Gasteiger partial charge is 0.308 e. The second kappa shape index (κ2) is 16.3. The van der Waals surface area contributed by atoms with Crippen LogP contribution in [0.3, 0.4) is 0 Å². The average molecular weight is 851 g/mol. The molecule has 0 aliphatic carbocycles. The van der Waals surface area contributed by atoms with Gasteiger partial charge >= 0.3 is 5.97 Å². The Hall–Kier alpha value is -6.89. The molecular weight excluding hydrogens is 809 g/mol. The number of sulfonamides is 1. The molecule has 0 saturated heterocycles. The van der Waals surface area contributed by atoms with E-state index >= 15 is 0 Å². The lowest BCUT2D eigenvalue weighted by atomic mass is 9.95. The fraction of sp³-hybridized carbons (Fsp3) is 0.217. The van der Waals surface area contributed by atoms with E-state index in [1.165, 1.54) is 19.2 Å². The van der Waals surface area contributed by atoms with Crippen LogP contribution in [-0.4, -0.2) is 52.9 Å². The van der Waals surface area contributed by atoms with Gasteiger partial charge in [0.05, 0.1) is 40.9 Å². The van der Waals surface area contributed by atoms with Gasteiger partial charge in [-0.1, -0.05) is 61.5 Å². The SMILES string of the molecule is CCc1ccc(NS(=O)(=O)c2ccc(CNC(=O)c3ccc(-c4ccc(C5=N[C@@H](CC(=O)OC)c6nnc(C)n6-c6sc(C)c(C)c65)cc4)cc3C)cc2)c2[nH]cc(C#N)c12. The Morgan fingerprint density at radius 2 is 1.67 bits per heavy atom. The Morgan fingerprint density at radius 3 is 2.36 bits per heavy atom. The van der Waals surface area contributed by atoms with E-state index in [2.05, 4.69) is 45.1 Å². The van der Waals surface area contributed by atoms with Crippen LogP contribution in [0.2, 0.25) is 0 Å². The molecule has 308 valence electrons. The number of aliphatic imine (C=N–C) groups is 1. The van der Waals surface area contributed by atoms with Crippen LogP contribution in [0, 0.1) is 39.0 Å². The van der Waals surface area contributed by atoms with Gasteiger partial charge in [0.15, 0.2) is 5.82 Å². The zero-order valence-electron chi connectivity index (χ0n) is 34.4. The zero-order chi connectivity index (χ0) is 43.2. The molecule has 4 aromatic carbocycles. The number of aryl methyl sites for hydroxylation is 4. The Morgan fingerprint density at radius 1 is 0.951 bits per heavy atom. The summed E-state index contributed by atoms with van der Waals surface area (Å²) in [5.74, 6) is 0.672. The second-order valence-electron chi connectivity index (χ2n) is 14.9. The summed E-state index contributed by atoms with van der Waals surface area (Å²) in [5, 5.41) is 23.0. The Bertz CT molecular complexity index is 3060. The van der Waals surface area contributed by atoms with Crippen molar-refractivity contribution in [1.82, 2.24) is 25.1 Å². The van der Waals surface area contributed by atoms with Crippen molar-refractivity contribution >= 4 is 55.5 Å². The fourth-order valence-corrected chi connectivity index (χ4v) is 10.0. The van der Waals surface area contributed by atoms with Crippen molar-refractivity contribution in [3.8, 4) is 22.2 Å². The lowest BCUT2D eigenvalue weighted by Crippen LogP contribution is -2.23. The van der Waals surface area contributed by atoms with Crippen molar-refractivity contribution in [2.24, 2.45) is 4.99 Å². The highest BCUT2D eigenvalue weighted by atomic mass is 32.2. The number of thiophene rings is 1. The third kappa shape index (κ3) is 7.60. The van der Waals surface area contributed by atoms with Crippen LogP contribution in [-0.2, 0) is 32.5 Å². The van der Waals surface area contributed by atoms with Crippen molar-refractivity contribution in [1.29, 1.82) is 5.26 Å². The normalized spacial score (nSPS) is 13.5. The van der Waals surface area contributed by atoms with E-state index in [0.29, 0.717) is 45.8 Å². The quantitative estimate of drug-likeness (QED) is 0.109. The van der Waals surface area contributed by atoms with Gasteiger partial charge in [-0.25, -0.2) is 8.42 Å². The van der Waals surface area contributed by atoms with Crippen LogP contribution in [0.15, 0.2) is 94.9 Å². The summed E-state index contributed by atoms with van der Waals surface area (Å²) >= 11 is 1.65. The summed E-state index contributed by atoms with van der Waals surface area (Å²) in [4.78, 5) is 35.3. The summed E-state index contributed by atoms with van der Waals surface area (Å²) in [6.45, 7) is 10.1. The van der Waals surface area contributed by atoms with Crippen LogP contribution in [0.1, 0.15) is 85.2 Å². The van der Waals surface area contributed by atoms with Gasteiger partial charge in [-0.2, -0.15) is 5.26 Å². The van der Waals surface area contributed by atoms with Crippen molar-refractivity contribution < 1.29 is 22.7 Å². The topological polar surface area (TPSA) is 184 Å². The number of rotatable bonds is 11. The standard InChI is InChI=1S/C46H42N8O5S2/c1-7-30-15-19-37(43-41(30)34(22-47)24-48-43)53-61(57,58)35-16-8-29(9-17-35)23-49-45(56)36-18-14-33(20-25(36)2)31-10-12-32(13-11-31)42-40-26(3)27(4)60-46(40)54-28(5)51-52-44(54)38(50-42)21-39(55)59-6/h8-20,24,38,48,53H,7,21,23H2,1-6H3,(H,49,56)/t38-/m0/s1. The molecule has 0 fully saturated rings. The predicted octanol–water partition coefficient (Wildman–Crippen LogP) is 8.33. The van der Waals surface area contributed by atoms with Gasteiger partial charge in [-0.15, -0.1) is 21.5 Å². The van der Waals surface area contributed by atoms with E-state index in [1.54, 1.807) is 41.8 Å². The molecule has 4 heterocycles.